The van der Waals surface area contributed by atoms with Crippen LogP contribution in [0.3, 0.4) is 0 Å². The maximum Gasteiger partial charge on any atom is 0.251 e. The fourth-order valence-electron chi connectivity index (χ4n) is 1.51. The number of aromatic nitrogens is 2. The van der Waals surface area contributed by atoms with Gasteiger partial charge in [-0.3, -0.25) is 4.79 Å². The predicted octanol–water partition coefficient (Wildman–Crippen LogP) is 2.49. The molecule has 1 heterocycles. The lowest BCUT2D eigenvalue weighted by Gasteiger charge is -2.05. The van der Waals surface area contributed by atoms with Gasteiger partial charge in [-0.25, -0.2) is 4.68 Å². The minimum Gasteiger partial charge on any atom is -0.272 e. The van der Waals surface area contributed by atoms with Gasteiger partial charge in [0.15, 0.2) is 0 Å². The first kappa shape index (κ1) is 11.0. The minimum atomic E-state index is -0.00787. The summed E-state index contributed by atoms with van der Waals surface area (Å²) in [4.78, 5) is 13.0. The van der Waals surface area contributed by atoms with E-state index in [0.29, 0.717) is 6.42 Å². The summed E-state index contributed by atoms with van der Waals surface area (Å²) in [6, 6.07) is 9.68. The Labute approximate surface area is 98.5 Å². The van der Waals surface area contributed by atoms with E-state index in [0.717, 1.165) is 10.5 Å². The molecule has 1 aromatic carbocycles. The van der Waals surface area contributed by atoms with Crippen molar-refractivity contribution in [3.63, 3.8) is 0 Å². The molecule has 1 aromatic heterocycles. The SMILES string of the molecule is CSc1ccccc1CC(=O)n1cccn1. The molecule has 0 fully saturated rings. The molecule has 0 aliphatic heterocycles. The standard InChI is InChI=1S/C12H12N2OS/c1-16-11-6-3-2-5-10(11)9-12(15)14-8-4-7-13-14/h2-8H,9H2,1H3. The number of carbonyl (C=O) groups is 1. The number of hydrogen-bond acceptors (Lipinski definition) is 3. The molecule has 0 aliphatic rings. The molecule has 0 unspecified atom stereocenters. The second-order valence-corrected chi connectivity index (χ2v) is 4.18. The van der Waals surface area contributed by atoms with Crippen LogP contribution in [-0.2, 0) is 6.42 Å². The second kappa shape index (κ2) is 4.99. The third kappa shape index (κ3) is 2.33. The number of hydrogen-bond donors (Lipinski definition) is 0. The lowest BCUT2D eigenvalue weighted by atomic mass is 10.1. The van der Waals surface area contributed by atoms with Crippen molar-refractivity contribution in [3.05, 3.63) is 48.3 Å². The molecule has 3 nitrogen and oxygen atoms in total. The van der Waals surface area contributed by atoms with Gasteiger partial charge in [-0.15, -0.1) is 11.8 Å². The van der Waals surface area contributed by atoms with Crippen LogP contribution in [0.1, 0.15) is 10.4 Å². The zero-order valence-electron chi connectivity index (χ0n) is 8.96. The van der Waals surface area contributed by atoms with E-state index in [1.54, 1.807) is 30.2 Å². The monoisotopic (exact) mass is 232 g/mol. The van der Waals surface area contributed by atoms with Crippen LogP contribution in [0.15, 0.2) is 47.6 Å². The van der Waals surface area contributed by atoms with Crippen LogP contribution in [0.5, 0.6) is 0 Å². The van der Waals surface area contributed by atoms with Crippen molar-refractivity contribution in [2.75, 3.05) is 6.26 Å². The van der Waals surface area contributed by atoms with Crippen molar-refractivity contribution >= 4 is 17.7 Å². The Hall–Kier alpha value is -1.55. The summed E-state index contributed by atoms with van der Waals surface area (Å²) in [6.07, 6.45) is 5.68. The summed E-state index contributed by atoms with van der Waals surface area (Å²) in [7, 11) is 0. The zero-order valence-corrected chi connectivity index (χ0v) is 9.78. The van der Waals surface area contributed by atoms with E-state index >= 15 is 0 Å². The highest BCUT2D eigenvalue weighted by Gasteiger charge is 2.08. The van der Waals surface area contributed by atoms with Crippen molar-refractivity contribution in [2.45, 2.75) is 11.3 Å². The fourth-order valence-corrected chi connectivity index (χ4v) is 2.13. The fraction of sp³-hybridized carbons (Fsp3) is 0.167. The Morgan fingerprint density at radius 3 is 2.88 bits per heavy atom. The molecule has 0 N–H and O–H groups in total. The first-order chi connectivity index (χ1) is 7.81. The summed E-state index contributed by atoms with van der Waals surface area (Å²) in [5, 5.41) is 3.93. The van der Waals surface area contributed by atoms with Crippen molar-refractivity contribution in [1.29, 1.82) is 0 Å². The molecule has 4 heteroatoms. The summed E-state index contributed by atoms with van der Waals surface area (Å²) < 4.78 is 1.37. The van der Waals surface area contributed by atoms with E-state index < -0.39 is 0 Å². The first-order valence-electron chi connectivity index (χ1n) is 4.96. The molecule has 0 atom stereocenters. The van der Waals surface area contributed by atoms with Crippen LogP contribution in [0, 0.1) is 0 Å². The van der Waals surface area contributed by atoms with Crippen LogP contribution in [-0.4, -0.2) is 21.9 Å². The first-order valence-corrected chi connectivity index (χ1v) is 6.18. The van der Waals surface area contributed by atoms with Crippen LogP contribution in [0.2, 0.25) is 0 Å². The van der Waals surface area contributed by atoms with E-state index in [2.05, 4.69) is 5.10 Å². The molecule has 0 spiro atoms. The van der Waals surface area contributed by atoms with Gasteiger partial charge in [-0.2, -0.15) is 5.10 Å². The normalized spacial score (nSPS) is 10.3. The van der Waals surface area contributed by atoms with Gasteiger partial charge in [0.2, 0.25) is 0 Å². The summed E-state index contributed by atoms with van der Waals surface area (Å²) in [6.45, 7) is 0. The van der Waals surface area contributed by atoms with Gasteiger partial charge in [0.1, 0.15) is 0 Å². The summed E-state index contributed by atoms with van der Waals surface area (Å²) in [5.41, 5.74) is 1.05. The number of carbonyl (C=O) groups excluding carboxylic acids is 1. The quantitative estimate of drug-likeness (QED) is 0.763. The molecule has 0 bridgehead atoms. The van der Waals surface area contributed by atoms with E-state index in [4.69, 9.17) is 0 Å². The smallest absolute Gasteiger partial charge is 0.251 e. The number of thioether (sulfide) groups is 1. The number of benzene rings is 1. The maximum atomic E-state index is 11.8. The Morgan fingerprint density at radius 2 is 2.19 bits per heavy atom. The molecule has 0 aliphatic carbocycles. The highest BCUT2D eigenvalue weighted by atomic mass is 32.2. The number of rotatable bonds is 3. The van der Waals surface area contributed by atoms with Gasteiger partial charge < -0.3 is 0 Å². The molecule has 16 heavy (non-hydrogen) atoms. The van der Waals surface area contributed by atoms with E-state index in [1.165, 1.54) is 4.68 Å². The Balaban J connectivity index is 2.18. The van der Waals surface area contributed by atoms with Gasteiger partial charge in [0.05, 0.1) is 6.42 Å². The van der Waals surface area contributed by atoms with Gasteiger partial charge in [-0.1, -0.05) is 18.2 Å². The van der Waals surface area contributed by atoms with Crippen LogP contribution in [0.4, 0.5) is 0 Å². The van der Waals surface area contributed by atoms with Crippen LogP contribution in [0.25, 0.3) is 0 Å². The van der Waals surface area contributed by atoms with Crippen molar-refractivity contribution in [2.24, 2.45) is 0 Å². The average molecular weight is 232 g/mol. The van der Waals surface area contributed by atoms with E-state index in [9.17, 15) is 4.79 Å². The summed E-state index contributed by atoms with van der Waals surface area (Å²) in [5.74, 6) is -0.00787. The Kier molecular flexibility index (Phi) is 3.41. The van der Waals surface area contributed by atoms with Crippen LogP contribution >= 0.6 is 11.8 Å². The molecular weight excluding hydrogens is 220 g/mol. The third-order valence-electron chi connectivity index (χ3n) is 2.29. The highest BCUT2D eigenvalue weighted by Crippen LogP contribution is 2.20. The molecule has 0 radical (unpaired) electrons. The molecule has 2 aromatic rings. The molecule has 0 saturated carbocycles. The lowest BCUT2D eigenvalue weighted by Crippen LogP contribution is -2.14. The third-order valence-corrected chi connectivity index (χ3v) is 3.13. The topological polar surface area (TPSA) is 34.9 Å². The van der Waals surface area contributed by atoms with Crippen molar-refractivity contribution in [1.82, 2.24) is 9.78 Å². The zero-order chi connectivity index (χ0) is 11.4. The average Bonchev–Trinajstić information content (AvgIpc) is 2.83. The molecule has 2 rings (SSSR count). The maximum absolute atomic E-state index is 11.8. The van der Waals surface area contributed by atoms with E-state index in [-0.39, 0.29) is 5.91 Å². The van der Waals surface area contributed by atoms with Gasteiger partial charge >= 0.3 is 0 Å². The van der Waals surface area contributed by atoms with E-state index in [1.807, 2.05) is 30.5 Å². The van der Waals surface area contributed by atoms with Crippen LogP contribution < -0.4 is 0 Å². The highest BCUT2D eigenvalue weighted by molar-refractivity contribution is 7.98. The van der Waals surface area contributed by atoms with Gasteiger partial charge in [0.25, 0.3) is 5.91 Å². The summed E-state index contributed by atoms with van der Waals surface area (Å²) >= 11 is 1.65. The molecular formula is C12H12N2OS. The minimum absolute atomic E-state index is 0.00787. The Bertz CT molecular complexity index is 480. The molecule has 82 valence electrons. The van der Waals surface area contributed by atoms with Gasteiger partial charge in [-0.05, 0) is 24.0 Å². The Morgan fingerprint density at radius 1 is 1.38 bits per heavy atom. The van der Waals surface area contributed by atoms with Gasteiger partial charge in [0, 0.05) is 17.3 Å². The largest absolute Gasteiger partial charge is 0.272 e. The molecule has 0 saturated heterocycles. The van der Waals surface area contributed by atoms with Crippen molar-refractivity contribution in [3.8, 4) is 0 Å². The second-order valence-electron chi connectivity index (χ2n) is 3.33. The number of nitrogens with zero attached hydrogens (tertiary/aromatic N) is 2. The molecule has 0 amide bonds. The lowest BCUT2D eigenvalue weighted by molar-refractivity contribution is 0.0898. The van der Waals surface area contributed by atoms with Crippen molar-refractivity contribution < 1.29 is 4.79 Å². The predicted molar refractivity (Wildman–Crippen MR) is 64.8 cm³/mol.